The molecule has 0 fully saturated rings. The van der Waals surface area contributed by atoms with Crippen molar-refractivity contribution < 1.29 is 19.8 Å². The Balaban J connectivity index is 0.000000422. The van der Waals surface area contributed by atoms with E-state index in [-0.39, 0.29) is 12.1 Å². The minimum Gasteiger partial charge on any atom is -0.481 e. The molecule has 0 saturated carbocycles. The molecule has 0 aromatic heterocycles. The minimum atomic E-state index is -0.742. The predicted octanol–water partition coefficient (Wildman–Crippen LogP) is 2.75. The van der Waals surface area contributed by atoms with E-state index < -0.39 is 11.9 Å². The Morgan fingerprint density at radius 1 is 1.13 bits per heavy atom. The predicted molar refractivity (Wildman–Crippen MR) is 95.9 cm³/mol. The molecule has 1 aromatic carbocycles. The third-order valence-electron chi connectivity index (χ3n) is 3.44. The van der Waals surface area contributed by atoms with Crippen LogP contribution in [0.5, 0.6) is 0 Å². The zero-order chi connectivity index (χ0) is 17.7. The highest BCUT2D eigenvalue weighted by Crippen LogP contribution is 2.06. The zero-order valence-corrected chi connectivity index (χ0v) is 15.1. The van der Waals surface area contributed by atoms with Crippen LogP contribution in [0.25, 0.3) is 0 Å². The molecule has 6 heteroatoms. The molecule has 0 aliphatic rings. The molecule has 130 valence electrons. The Morgan fingerprint density at radius 2 is 1.70 bits per heavy atom. The molecule has 1 aromatic rings. The second-order valence-corrected chi connectivity index (χ2v) is 5.94. The molecule has 0 spiro atoms. The van der Waals surface area contributed by atoms with Crippen LogP contribution in [0, 0.1) is 0 Å². The van der Waals surface area contributed by atoms with E-state index in [0.717, 1.165) is 25.2 Å². The summed E-state index contributed by atoms with van der Waals surface area (Å²) < 4.78 is 0. The van der Waals surface area contributed by atoms with Crippen LogP contribution in [-0.2, 0) is 16.0 Å². The molecule has 2 atom stereocenters. The van der Waals surface area contributed by atoms with Gasteiger partial charge in [0, 0.05) is 6.42 Å². The molecule has 0 heterocycles. The van der Waals surface area contributed by atoms with Gasteiger partial charge in [-0.3, -0.25) is 9.59 Å². The molecule has 0 amide bonds. The van der Waals surface area contributed by atoms with Gasteiger partial charge in [0.1, 0.15) is 0 Å². The van der Waals surface area contributed by atoms with Crippen molar-refractivity contribution in [1.82, 2.24) is 4.90 Å². The van der Waals surface area contributed by atoms with Crippen molar-refractivity contribution in [1.29, 1.82) is 0 Å². The molecule has 0 aliphatic heterocycles. The largest absolute Gasteiger partial charge is 0.481 e. The monoisotopic (exact) mass is 341 g/mol. The summed E-state index contributed by atoms with van der Waals surface area (Å²) in [5, 5.41) is 17.0. The number of carboxylic acid groups (broad SMARTS) is 2. The Labute approximate surface area is 140 Å². The second-order valence-electron chi connectivity index (χ2n) is 5.14. The van der Waals surface area contributed by atoms with E-state index in [0.29, 0.717) is 12.8 Å². The fourth-order valence-electron chi connectivity index (χ4n) is 1.88. The summed E-state index contributed by atoms with van der Waals surface area (Å²) in [4.78, 5) is 22.8. The van der Waals surface area contributed by atoms with Gasteiger partial charge >= 0.3 is 11.9 Å². The zero-order valence-electron chi connectivity index (χ0n) is 13.9. The van der Waals surface area contributed by atoms with E-state index in [4.69, 9.17) is 10.2 Å². The second kappa shape index (κ2) is 13.0. The van der Waals surface area contributed by atoms with Gasteiger partial charge in [0.15, 0.2) is 0 Å². The summed E-state index contributed by atoms with van der Waals surface area (Å²) in [6.45, 7) is 7.03. The van der Waals surface area contributed by atoms with Gasteiger partial charge in [-0.1, -0.05) is 44.2 Å². The van der Waals surface area contributed by atoms with Gasteiger partial charge in [-0.2, -0.15) is 0 Å². The Morgan fingerprint density at radius 3 is 2.13 bits per heavy atom. The lowest BCUT2D eigenvalue weighted by atomic mass is 10.1. The van der Waals surface area contributed by atoms with Crippen LogP contribution < -0.4 is 0 Å². The summed E-state index contributed by atoms with van der Waals surface area (Å²) >= 11 is 0. The summed E-state index contributed by atoms with van der Waals surface area (Å²) in [5.41, 5.74) is 0.778. The van der Waals surface area contributed by atoms with E-state index in [1.165, 1.54) is 0 Å². The van der Waals surface area contributed by atoms with Crippen LogP contribution in [0.15, 0.2) is 30.3 Å². The van der Waals surface area contributed by atoms with Gasteiger partial charge < -0.3 is 15.1 Å². The molecule has 0 aliphatic carbocycles. The Kier molecular flexibility index (Phi) is 12.2. The fourth-order valence-corrected chi connectivity index (χ4v) is 2.03. The smallest absolute Gasteiger partial charge is 0.310 e. The number of benzene rings is 1. The first kappa shape index (κ1) is 21.6. The SMILES string of the molecule is CCN(CC)CCC(P)C(=O)O.O=C(O)CCc1ccccc1. The Bertz CT molecular complexity index is 449. The molecule has 2 unspecified atom stereocenters. The van der Waals surface area contributed by atoms with Crippen molar-refractivity contribution in [3.63, 3.8) is 0 Å². The number of aliphatic carboxylic acids is 2. The third kappa shape index (κ3) is 11.7. The van der Waals surface area contributed by atoms with E-state index in [1.807, 2.05) is 30.3 Å². The van der Waals surface area contributed by atoms with E-state index in [2.05, 4.69) is 28.0 Å². The average Bonchev–Trinajstić information content (AvgIpc) is 2.55. The lowest BCUT2D eigenvalue weighted by Crippen LogP contribution is -2.27. The van der Waals surface area contributed by atoms with Crippen molar-refractivity contribution in [2.75, 3.05) is 19.6 Å². The normalized spacial score (nSPS) is 11.5. The molecule has 2 N–H and O–H groups in total. The van der Waals surface area contributed by atoms with Gasteiger partial charge in [-0.05, 0) is 38.0 Å². The number of hydrogen-bond donors (Lipinski definition) is 2. The fraction of sp³-hybridized carbons (Fsp3) is 0.529. The van der Waals surface area contributed by atoms with Gasteiger partial charge in [0.05, 0.1) is 5.66 Å². The highest BCUT2D eigenvalue weighted by Gasteiger charge is 2.11. The standard InChI is InChI=1S/C9H10O2.C8H18NO2P/c10-9(11)7-6-8-4-2-1-3-5-8;1-3-9(4-2)6-5-7(12)8(10)11/h1-5H,6-7H2,(H,10,11);7H,3-6,12H2,1-2H3,(H,10,11). The average molecular weight is 341 g/mol. The van der Waals surface area contributed by atoms with Crippen LogP contribution >= 0.6 is 9.24 Å². The summed E-state index contributed by atoms with van der Waals surface area (Å²) in [5.74, 6) is -1.47. The Hall–Kier alpha value is -1.45. The van der Waals surface area contributed by atoms with Gasteiger partial charge in [0.2, 0.25) is 0 Å². The molecular formula is C17H28NO4P. The van der Waals surface area contributed by atoms with Crippen molar-refractivity contribution in [3.05, 3.63) is 35.9 Å². The highest BCUT2D eigenvalue weighted by molar-refractivity contribution is 7.19. The first-order chi connectivity index (χ1) is 10.9. The third-order valence-corrected chi connectivity index (χ3v) is 4.06. The number of carbonyl (C=O) groups is 2. The van der Waals surface area contributed by atoms with Crippen LogP contribution in [0.4, 0.5) is 0 Å². The summed E-state index contributed by atoms with van der Waals surface area (Å²) in [6.07, 6.45) is 1.54. The lowest BCUT2D eigenvalue weighted by molar-refractivity contribution is -0.137. The minimum absolute atomic E-state index is 0.212. The van der Waals surface area contributed by atoms with Crippen LogP contribution in [0.3, 0.4) is 0 Å². The molecule has 1 rings (SSSR count). The number of nitrogens with zero attached hydrogens (tertiary/aromatic N) is 1. The molecular weight excluding hydrogens is 313 g/mol. The van der Waals surface area contributed by atoms with Crippen molar-refractivity contribution >= 4 is 21.2 Å². The van der Waals surface area contributed by atoms with Crippen LogP contribution in [-0.4, -0.2) is 52.3 Å². The van der Waals surface area contributed by atoms with Crippen LogP contribution in [0.2, 0.25) is 0 Å². The maximum absolute atomic E-state index is 10.4. The first-order valence-electron chi connectivity index (χ1n) is 7.87. The maximum Gasteiger partial charge on any atom is 0.310 e. The van der Waals surface area contributed by atoms with Gasteiger partial charge in [-0.25, -0.2) is 0 Å². The van der Waals surface area contributed by atoms with Crippen molar-refractivity contribution in [2.24, 2.45) is 0 Å². The summed E-state index contributed by atoms with van der Waals surface area (Å²) in [6, 6.07) is 9.62. The van der Waals surface area contributed by atoms with E-state index in [9.17, 15) is 9.59 Å². The van der Waals surface area contributed by atoms with E-state index in [1.54, 1.807) is 0 Å². The summed E-state index contributed by atoms with van der Waals surface area (Å²) in [7, 11) is 2.35. The van der Waals surface area contributed by atoms with Crippen molar-refractivity contribution in [2.45, 2.75) is 38.8 Å². The topological polar surface area (TPSA) is 77.8 Å². The van der Waals surface area contributed by atoms with Crippen molar-refractivity contribution in [3.8, 4) is 0 Å². The maximum atomic E-state index is 10.4. The molecule has 5 nitrogen and oxygen atoms in total. The molecule has 0 radical (unpaired) electrons. The van der Waals surface area contributed by atoms with E-state index >= 15 is 0 Å². The van der Waals surface area contributed by atoms with Gasteiger partial charge in [-0.15, -0.1) is 9.24 Å². The van der Waals surface area contributed by atoms with Crippen LogP contribution in [0.1, 0.15) is 32.3 Å². The number of rotatable bonds is 9. The number of aryl methyl sites for hydroxylation is 1. The number of hydrogen-bond acceptors (Lipinski definition) is 3. The first-order valence-corrected chi connectivity index (χ1v) is 8.53. The molecule has 0 bridgehead atoms. The lowest BCUT2D eigenvalue weighted by Gasteiger charge is -2.18. The number of carboxylic acids is 2. The molecule has 0 saturated heterocycles. The highest BCUT2D eigenvalue weighted by atomic mass is 31.0. The molecule has 23 heavy (non-hydrogen) atoms. The van der Waals surface area contributed by atoms with Gasteiger partial charge in [0.25, 0.3) is 0 Å². The quantitative estimate of drug-likeness (QED) is 0.675.